The number of amides is 1. The number of nitrogens with zero attached hydrogens (tertiary/aromatic N) is 3. The van der Waals surface area contributed by atoms with Crippen molar-refractivity contribution < 1.29 is 9.21 Å². The summed E-state index contributed by atoms with van der Waals surface area (Å²) >= 11 is 0. The Labute approximate surface area is 152 Å². The zero-order valence-corrected chi connectivity index (χ0v) is 14.8. The highest BCUT2D eigenvalue weighted by atomic mass is 16.3. The second-order valence-electron chi connectivity index (χ2n) is 6.74. The van der Waals surface area contributed by atoms with Crippen molar-refractivity contribution in [3.05, 3.63) is 71.9 Å². The van der Waals surface area contributed by atoms with Crippen molar-refractivity contribution >= 4 is 5.91 Å². The number of hydrogen-bond donors (Lipinski definition) is 0. The Kier molecular flexibility index (Phi) is 4.52. The zero-order valence-electron chi connectivity index (χ0n) is 14.8. The highest BCUT2D eigenvalue weighted by molar-refractivity contribution is 5.91. The maximum Gasteiger partial charge on any atom is 0.289 e. The van der Waals surface area contributed by atoms with Gasteiger partial charge in [0.1, 0.15) is 0 Å². The van der Waals surface area contributed by atoms with E-state index in [0.29, 0.717) is 12.3 Å². The van der Waals surface area contributed by atoms with Gasteiger partial charge in [-0.1, -0.05) is 23.8 Å². The largest absolute Gasteiger partial charge is 0.459 e. The predicted molar refractivity (Wildman–Crippen MR) is 98.8 cm³/mol. The molecule has 5 nitrogen and oxygen atoms in total. The lowest BCUT2D eigenvalue weighted by molar-refractivity contribution is 0.0673. The molecule has 0 bridgehead atoms. The summed E-state index contributed by atoms with van der Waals surface area (Å²) in [5, 5.41) is 0. The van der Waals surface area contributed by atoms with Gasteiger partial charge in [-0.15, -0.1) is 0 Å². The van der Waals surface area contributed by atoms with E-state index in [0.717, 1.165) is 36.5 Å². The van der Waals surface area contributed by atoms with E-state index in [1.165, 1.54) is 11.8 Å². The van der Waals surface area contributed by atoms with E-state index < -0.39 is 0 Å². The standard InChI is InChI=1S/C21H21N3O2/c1-15-5-2-6-16(13-15)20-22-10-9-18(23-20)17-7-3-11-24(14-17)21(25)19-8-4-12-26-19/h2,4-6,8-10,12-13,17H,3,7,11,14H2,1H3. The van der Waals surface area contributed by atoms with E-state index in [-0.39, 0.29) is 11.8 Å². The number of rotatable bonds is 3. The molecular weight excluding hydrogens is 326 g/mol. The predicted octanol–water partition coefficient (Wildman–Crippen LogP) is 4.06. The van der Waals surface area contributed by atoms with Crippen molar-refractivity contribution in [2.24, 2.45) is 0 Å². The van der Waals surface area contributed by atoms with Gasteiger partial charge in [-0.2, -0.15) is 0 Å². The van der Waals surface area contributed by atoms with Gasteiger partial charge in [0.15, 0.2) is 11.6 Å². The van der Waals surface area contributed by atoms with Gasteiger partial charge in [0.25, 0.3) is 5.91 Å². The second kappa shape index (κ2) is 7.12. The highest BCUT2D eigenvalue weighted by Crippen LogP contribution is 2.28. The number of piperidine rings is 1. The van der Waals surface area contributed by atoms with E-state index >= 15 is 0 Å². The molecule has 1 atom stereocenters. The van der Waals surface area contributed by atoms with Gasteiger partial charge in [0, 0.05) is 36.5 Å². The van der Waals surface area contributed by atoms with Crippen LogP contribution in [0.3, 0.4) is 0 Å². The summed E-state index contributed by atoms with van der Waals surface area (Å²) in [6.45, 7) is 3.47. The van der Waals surface area contributed by atoms with E-state index in [1.54, 1.807) is 12.1 Å². The van der Waals surface area contributed by atoms with Gasteiger partial charge in [0.2, 0.25) is 0 Å². The van der Waals surface area contributed by atoms with Crippen molar-refractivity contribution in [3.8, 4) is 11.4 Å². The number of likely N-dealkylation sites (tertiary alicyclic amines) is 1. The fourth-order valence-electron chi connectivity index (χ4n) is 3.48. The maximum absolute atomic E-state index is 12.6. The summed E-state index contributed by atoms with van der Waals surface area (Å²) in [5.74, 6) is 1.30. The first kappa shape index (κ1) is 16.5. The normalized spacial score (nSPS) is 17.3. The molecule has 2 aromatic heterocycles. The molecule has 1 aliphatic rings. The maximum atomic E-state index is 12.6. The average molecular weight is 347 g/mol. The van der Waals surface area contributed by atoms with Gasteiger partial charge >= 0.3 is 0 Å². The van der Waals surface area contributed by atoms with Crippen LogP contribution in [0.4, 0.5) is 0 Å². The molecule has 3 aromatic rings. The quantitative estimate of drug-likeness (QED) is 0.717. The third-order valence-electron chi connectivity index (χ3n) is 4.81. The minimum absolute atomic E-state index is 0.0485. The number of aromatic nitrogens is 2. The molecule has 1 unspecified atom stereocenters. The first-order valence-electron chi connectivity index (χ1n) is 8.93. The molecule has 132 valence electrons. The molecule has 0 N–H and O–H groups in total. The highest BCUT2D eigenvalue weighted by Gasteiger charge is 2.27. The molecule has 1 fully saturated rings. The first-order chi connectivity index (χ1) is 12.7. The Morgan fingerprint density at radius 3 is 2.96 bits per heavy atom. The smallest absolute Gasteiger partial charge is 0.289 e. The lowest BCUT2D eigenvalue weighted by Gasteiger charge is -2.32. The van der Waals surface area contributed by atoms with Crippen molar-refractivity contribution in [3.63, 3.8) is 0 Å². The Hall–Kier alpha value is -2.95. The minimum atomic E-state index is -0.0485. The lowest BCUT2D eigenvalue weighted by atomic mass is 9.94. The molecule has 1 aliphatic heterocycles. The molecule has 0 radical (unpaired) electrons. The van der Waals surface area contributed by atoms with Gasteiger partial charge in [0.05, 0.1) is 6.26 Å². The van der Waals surface area contributed by atoms with Gasteiger partial charge in [-0.3, -0.25) is 4.79 Å². The molecule has 26 heavy (non-hydrogen) atoms. The number of aryl methyl sites for hydroxylation is 1. The summed E-state index contributed by atoms with van der Waals surface area (Å²) < 4.78 is 5.26. The van der Waals surface area contributed by atoms with Crippen LogP contribution in [-0.4, -0.2) is 33.9 Å². The summed E-state index contributed by atoms with van der Waals surface area (Å²) in [6.07, 6.45) is 5.33. The molecule has 3 heterocycles. The molecule has 4 rings (SSSR count). The second-order valence-corrected chi connectivity index (χ2v) is 6.74. The third-order valence-corrected chi connectivity index (χ3v) is 4.81. The van der Waals surface area contributed by atoms with Crippen LogP contribution in [0.1, 0.15) is 40.6 Å². The van der Waals surface area contributed by atoms with Crippen LogP contribution in [0.2, 0.25) is 0 Å². The van der Waals surface area contributed by atoms with E-state index in [4.69, 9.17) is 9.40 Å². The number of benzene rings is 1. The Morgan fingerprint density at radius 1 is 1.23 bits per heavy atom. The lowest BCUT2D eigenvalue weighted by Crippen LogP contribution is -2.39. The fraction of sp³-hybridized carbons (Fsp3) is 0.286. The van der Waals surface area contributed by atoms with E-state index in [2.05, 4.69) is 24.0 Å². The van der Waals surface area contributed by atoms with Gasteiger partial charge < -0.3 is 9.32 Å². The Balaban J connectivity index is 1.55. The number of hydrogen-bond acceptors (Lipinski definition) is 4. The summed E-state index contributed by atoms with van der Waals surface area (Å²) in [7, 11) is 0. The Morgan fingerprint density at radius 2 is 2.15 bits per heavy atom. The van der Waals surface area contributed by atoms with Crippen molar-refractivity contribution in [1.82, 2.24) is 14.9 Å². The molecule has 0 saturated carbocycles. The van der Waals surface area contributed by atoms with Crippen LogP contribution in [0.25, 0.3) is 11.4 Å². The summed E-state index contributed by atoms with van der Waals surface area (Å²) in [6, 6.07) is 13.6. The minimum Gasteiger partial charge on any atom is -0.459 e. The number of carbonyl (C=O) groups excluding carboxylic acids is 1. The van der Waals surface area contributed by atoms with Crippen molar-refractivity contribution in [2.75, 3.05) is 13.1 Å². The van der Waals surface area contributed by atoms with Gasteiger partial charge in [-0.25, -0.2) is 9.97 Å². The first-order valence-corrected chi connectivity index (χ1v) is 8.93. The van der Waals surface area contributed by atoms with E-state index in [9.17, 15) is 4.79 Å². The number of furan rings is 1. The molecule has 0 aliphatic carbocycles. The van der Waals surface area contributed by atoms with Crippen molar-refractivity contribution in [1.29, 1.82) is 0 Å². The Bertz CT molecular complexity index is 905. The van der Waals surface area contributed by atoms with E-state index in [1.807, 2.05) is 29.3 Å². The summed E-state index contributed by atoms with van der Waals surface area (Å²) in [4.78, 5) is 23.7. The van der Waals surface area contributed by atoms with Crippen LogP contribution in [-0.2, 0) is 0 Å². The third kappa shape index (κ3) is 3.38. The van der Waals surface area contributed by atoms with Crippen LogP contribution >= 0.6 is 0 Å². The molecule has 1 amide bonds. The molecular formula is C21H21N3O2. The van der Waals surface area contributed by atoms with Crippen LogP contribution < -0.4 is 0 Å². The van der Waals surface area contributed by atoms with Crippen LogP contribution in [0.5, 0.6) is 0 Å². The van der Waals surface area contributed by atoms with Crippen LogP contribution in [0.15, 0.2) is 59.3 Å². The molecule has 1 aromatic carbocycles. The van der Waals surface area contributed by atoms with Crippen molar-refractivity contribution in [2.45, 2.75) is 25.7 Å². The molecule has 5 heteroatoms. The summed E-state index contributed by atoms with van der Waals surface area (Å²) in [5.41, 5.74) is 3.20. The SMILES string of the molecule is Cc1cccc(-c2nccc(C3CCCN(C(=O)c4ccco4)C3)n2)c1. The van der Waals surface area contributed by atoms with Crippen LogP contribution in [0, 0.1) is 6.92 Å². The monoisotopic (exact) mass is 347 g/mol. The zero-order chi connectivity index (χ0) is 17.9. The molecule has 0 spiro atoms. The fourth-order valence-corrected chi connectivity index (χ4v) is 3.48. The topological polar surface area (TPSA) is 59.2 Å². The van der Waals surface area contributed by atoms with Gasteiger partial charge in [-0.05, 0) is 44.0 Å². The number of carbonyl (C=O) groups is 1. The average Bonchev–Trinajstić information content (AvgIpc) is 3.22. The molecule has 1 saturated heterocycles.